The molecule has 0 aliphatic carbocycles. The number of phenols is 3. The number of phenolic OH excluding ortho intramolecular Hbond substituents is 3. The summed E-state index contributed by atoms with van der Waals surface area (Å²) in [6, 6.07) is 31.5. The Hall–Kier alpha value is -10.8. The van der Waals surface area contributed by atoms with E-state index in [1.165, 1.54) is 22.8 Å². The second kappa shape index (κ2) is 37.9. The molecule has 14 rings (SSSR count). The van der Waals surface area contributed by atoms with Crippen molar-refractivity contribution in [3.8, 4) is 102 Å². The number of aromatic nitrogens is 6. The number of ether oxygens (including phenoxy) is 8. The molecule has 0 radical (unpaired) electrons. The summed E-state index contributed by atoms with van der Waals surface area (Å²) in [6.45, 7) is 24.5. The lowest BCUT2D eigenvalue weighted by molar-refractivity contribution is -0.268. The molecule has 15 atom stereocenters. The molecule has 0 unspecified atom stereocenters. The average Bonchev–Trinajstić information content (AvgIpc) is 1.59. The van der Waals surface area contributed by atoms with E-state index in [1.54, 1.807) is 77.3 Å². The van der Waals surface area contributed by atoms with Gasteiger partial charge in [-0.3, -0.25) is 14.5 Å². The normalized spacial score (nSPS) is 23.9. The second-order valence-corrected chi connectivity index (χ2v) is 30.9. The number of H-pyrrole nitrogens is 1. The first kappa shape index (κ1) is 88.5. The van der Waals surface area contributed by atoms with Crippen LogP contribution in [-0.2, 0) is 32.5 Å². The molecule has 0 saturated carbocycles. The van der Waals surface area contributed by atoms with Crippen molar-refractivity contribution in [3.05, 3.63) is 160 Å². The summed E-state index contributed by atoms with van der Waals surface area (Å²) >= 11 is 0. The van der Waals surface area contributed by atoms with E-state index < -0.39 is 110 Å². The van der Waals surface area contributed by atoms with Gasteiger partial charge in [0.05, 0.1) is 72.1 Å². The molecule has 4 fully saturated rings. The average molecular weight is 1660 g/mol. The highest BCUT2D eigenvalue weighted by Crippen LogP contribution is 2.48. The lowest BCUT2D eigenvalue weighted by atomic mass is 9.93. The predicted molar refractivity (Wildman–Crippen MR) is 436 cm³/mol. The number of nitrogens with one attached hydrogen (secondary N) is 3. The van der Waals surface area contributed by atoms with Crippen molar-refractivity contribution < 1.29 is 118 Å². The van der Waals surface area contributed by atoms with E-state index in [0.29, 0.717) is 87.8 Å². The van der Waals surface area contributed by atoms with E-state index in [4.69, 9.17) is 46.9 Å². The summed E-state index contributed by atoms with van der Waals surface area (Å²) in [4.78, 5) is 41.0. The third-order valence-electron chi connectivity index (χ3n) is 21.6. The topological polar surface area (TPSA) is 486 Å². The van der Waals surface area contributed by atoms with E-state index in [0.717, 1.165) is 36.1 Å². The molecule has 120 heavy (non-hydrogen) atoms. The Labute approximate surface area is 690 Å². The molecule has 644 valence electrons. The third kappa shape index (κ3) is 18.7. The molecule has 34 heteroatoms. The standard InChI is InChI=1S/C32H41N3O9.C28H34N2O9.C26H30N4O7/c1-5-33-31(40)26-25(20-8-6-19(7-9-20)16-35-10-12-41-13-11-35)30(44-34-26)22-14-21(17(2)3)24(15-23(22)36)43-32-29(39)28(38)27(37)18(4)42-32;1-6-29-27(35)22-21(15-7-9-16(36-5)10-8-15)26(39-30-22)18-11-17(13(2)3)20(12-19(18)31)38-28-25(34)24(33)23(32)14(4)37-28;1-12(2)16-10-17(19(31)11-20(16)37-25-23(34)22(33)21(32)13(3)36-25)24-27-28-26(35)30(24)15-5-6-18-14(9-15)7-8-29(18)4/h6-9,14-15,17-18,27-29,32,36-39H,5,10-13,16H2,1-4H3,(H,33,40);7-14,23-25,28,31-34H,6H2,1-5H3,(H,29,35);5-13,21-23,25,31-34H,1-4H3,(H,28,35)/t18-,27+,28+,29-,32-;14-,23+,24+,25-,28-;13-,21+,22+,23-,25-/m000/s1. The number of methoxy groups -OCH3 is 1. The Bertz CT molecular complexity index is 5270. The molecule has 34 nitrogen and oxygen atoms in total. The van der Waals surface area contributed by atoms with Crippen LogP contribution in [0.1, 0.15) is 137 Å². The molecule has 10 aromatic rings. The molecule has 0 spiro atoms. The third-order valence-corrected chi connectivity index (χ3v) is 21.6. The number of hydrogen-bond acceptors (Lipinski definition) is 29. The summed E-state index contributed by atoms with van der Waals surface area (Å²) in [5.41, 5.74) is 7.32. The number of nitrogens with zero attached hydrogens (tertiary/aromatic N) is 6. The Morgan fingerprint density at radius 3 is 1.35 bits per heavy atom. The van der Waals surface area contributed by atoms with Crippen molar-refractivity contribution in [3.63, 3.8) is 0 Å². The first-order chi connectivity index (χ1) is 57.2. The van der Waals surface area contributed by atoms with Crippen molar-refractivity contribution in [2.75, 3.05) is 46.5 Å². The number of benzene rings is 6. The largest absolute Gasteiger partial charge is 0.507 e. The van der Waals surface area contributed by atoms with Crippen LogP contribution in [-0.4, -0.2) is 246 Å². The van der Waals surface area contributed by atoms with E-state index in [9.17, 15) is 75.7 Å². The fourth-order valence-electron chi connectivity index (χ4n) is 14.6. The number of aromatic hydroxyl groups is 3. The van der Waals surface area contributed by atoms with Gasteiger partial charge >= 0.3 is 5.69 Å². The number of hydrogen-bond donors (Lipinski definition) is 15. The minimum atomic E-state index is -1.52. The number of carbonyl (C=O) groups is 2. The van der Waals surface area contributed by atoms with Crippen LogP contribution in [0.15, 0.2) is 129 Å². The molecule has 4 aromatic heterocycles. The molecule has 4 aliphatic heterocycles. The van der Waals surface area contributed by atoms with Gasteiger partial charge in [-0.05, 0) is 140 Å². The number of carbonyl (C=O) groups excluding carboxylic acids is 2. The van der Waals surface area contributed by atoms with Crippen molar-refractivity contribution in [1.82, 2.24) is 45.2 Å². The van der Waals surface area contributed by atoms with Crippen LogP contribution >= 0.6 is 0 Å². The van der Waals surface area contributed by atoms with Crippen molar-refractivity contribution >= 4 is 22.7 Å². The van der Waals surface area contributed by atoms with Gasteiger partial charge in [0.2, 0.25) is 18.9 Å². The maximum absolute atomic E-state index is 13.0. The first-order valence-corrected chi connectivity index (χ1v) is 39.8. The fraction of sp³-hybridized carbons (Fsp3) is 0.442. The second-order valence-electron chi connectivity index (χ2n) is 30.9. The Kier molecular flexibility index (Phi) is 27.9. The lowest BCUT2D eigenvalue weighted by Crippen LogP contribution is -2.58. The Balaban J connectivity index is 0.000000166. The van der Waals surface area contributed by atoms with Crippen molar-refractivity contribution in [2.24, 2.45) is 7.05 Å². The van der Waals surface area contributed by atoms with Gasteiger partial charge in [-0.1, -0.05) is 88.3 Å². The van der Waals surface area contributed by atoms with Crippen LogP contribution in [0.3, 0.4) is 0 Å². The summed E-state index contributed by atoms with van der Waals surface area (Å²) in [5, 5.41) is 147. The molecular formula is C86H105N9O25. The van der Waals surface area contributed by atoms with E-state index >= 15 is 0 Å². The molecule has 8 heterocycles. The van der Waals surface area contributed by atoms with Crippen LogP contribution in [0.4, 0.5) is 0 Å². The number of aromatic amines is 1. The van der Waals surface area contributed by atoms with Crippen LogP contribution in [0.2, 0.25) is 0 Å². The Morgan fingerprint density at radius 1 is 0.533 bits per heavy atom. The van der Waals surface area contributed by atoms with Gasteiger partial charge in [-0.15, -0.1) is 0 Å². The summed E-state index contributed by atoms with van der Waals surface area (Å²) in [7, 11) is 3.49. The summed E-state index contributed by atoms with van der Waals surface area (Å²) in [5.74, 6) is 0.0510. The highest BCUT2D eigenvalue weighted by atomic mass is 16.7. The molecule has 4 saturated heterocycles. The van der Waals surface area contributed by atoms with Gasteiger partial charge in [0.25, 0.3) is 11.8 Å². The van der Waals surface area contributed by atoms with E-state index in [2.05, 4.69) is 36.0 Å². The molecular weight excluding hydrogens is 1560 g/mol. The quantitative estimate of drug-likeness (QED) is 0.0319. The van der Waals surface area contributed by atoms with E-state index in [1.807, 2.05) is 115 Å². The molecule has 0 bridgehead atoms. The molecule has 6 aromatic carbocycles. The zero-order valence-corrected chi connectivity index (χ0v) is 68.7. The monoisotopic (exact) mass is 1660 g/mol. The number of aliphatic hydroxyl groups excluding tert-OH is 9. The SMILES string of the molecule is CC(C)c1cc(-c2n[nH]c(=O)n2-c2ccc3c(ccn3C)c2)c(O)cc1O[C@@H]1O[C@@H](C)[C@@H](O)[C@@H](O)[C@@H]1O.CCNC(=O)c1noc(-c2cc(C(C)C)c(O[C@@H]3O[C@@H](C)[C@@H](O)[C@@H](O)[C@@H]3O)cc2O)c1-c1ccc(CN2CCOCC2)cc1.CCNC(=O)c1noc(-c2cc(C(C)C)c(O[C@@H]3O[C@@H](C)[C@@H](O)[C@@H](O)[C@@H]3O)cc2O)c1-c1ccc(OC)cc1. The number of amides is 2. The number of rotatable bonds is 22. The van der Waals surface area contributed by atoms with Crippen molar-refractivity contribution in [2.45, 2.75) is 193 Å². The first-order valence-electron chi connectivity index (χ1n) is 39.8. The number of aliphatic hydroxyl groups is 9. The lowest BCUT2D eigenvalue weighted by Gasteiger charge is -2.39. The number of fused-ring (bicyclic) bond motifs is 1. The van der Waals surface area contributed by atoms with Gasteiger partial charge in [-0.25, -0.2) is 14.5 Å². The van der Waals surface area contributed by atoms with Crippen molar-refractivity contribution in [1.29, 1.82) is 0 Å². The number of aryl methyl sites for hydroxylation is 1. The van der Waals surface area contributed by atoms with Gasteiger partial charge in [0.1, 0.15) is 95.2 Å². The minimum absolute atomic E-state index is 0.0584. The van der Waals surface area contributed by atoms with E-state index in [-0.39, 0.29) is 86.5 Å². The van der Waals surface area contributed by atoms with Crippen LogP contribution in [0.25, 0.3) is 72.9 Å². The van der Waals surface area contributed by atoms with Crippen LogP contribution < -0.4 is 35.3 Å². The number of morpholine rings is 1. The van der Waals surface area contributed by atoms with Crippen LogP contribution in [0, 0.1) is 0 Å². The molecule has 2 amide bonds. The zero-order chi connectivity index (χ0) is 86.6. The highest BCUT2D eigenvalue weighted by molar-refractivity contribution is 6.04. The van der Waals surface area contributed by atoms with Gasteiger partial charge in [-0.2, -0.15) is 5.10 Å². The van der Waals surface area contributed by atoms with Gasteiger partial charge in [0.15, 0.2) is 28.7 Å². The Morgan fingerprint density at radius 2 is 0.942 bits per heavy atom. The maximum Gasteiger partial charge on any atom is 0.348 e. The smallest absolute Gasteiger partial charge is 0.348 e. The summed E-state index contributed by atoms with van der Waals surface area (Å²) < 4.78 is 60.0. The molecule has 15 N–H and O–H groups in total. The highest BCUT2D eigenvalue weighted by Gasteiger charge is 2.47. The summed E-state index contributed by atoms with van der Waals surface area (Å²) in [6.07, 6.45) is -17.0. The maximum atomic E-state index is 13.0. The zero-order valence-electron chi connectivity index (χ0n) is 68.7. The van der Waals surface area contributed by atoms with Gasteiger partial charge in [0, 0.05) is 75.1 Å². The minimum Gasteiger partial charge on any atom is -0.507 e. The fourth-order valence-corrected chi connectivity index (χ4v) is 14.6. The molecule has 4 aliphatic rings. The predicted octanol–water partition coefficient (Wildman–Crippen LogP) is 7.18. The van der Waals surface area contributed by atoms with Crippen LogP contribution in [0.5, 0.6) is 40.2 Å². The van der Waals surface area contributed by atoms with Gasteiger partial charge < -0.3 is 123 Å².